The highest BCUT2D eigenvalue weighted by Crippen LogP contribution is 2.20. The molecule has 0 spiro atoms. The van der Waals surface area contributed by atoms with Gasteiger partial charge in [0.15, 0.2) is 6.54 Å². The molecule has 1 aromatic rings. The molecule has 0 aromatic heterocycles. The Kier molecular flexibility index (Phi) is 2.61. The van der Waals surface area contributed by atoms with Gasteiger partial charge in [0.05, 0.1) is 11.3 Å². The molecule has 0 radical (unpaired) electrons. The molecule has 1 aliphatic rings. The van der Waals surface area contributed by atoms with Gasteiger partial charge in [-0.1, -0.05) is 29.4 Å². The van der Waals surface area contributed by atoms with Crippen molar-refractivity contribution in [1.29, 1.82) is 0 Å². The average molecular weight is 213 g/mol. The van der Waals surface area contributed by atoms with E-state index in [1.54, 1.807) is 0 Å². The fraction of sp³-hybridized carbons (Fsp3) is 0.300. The van der Waals surface area contributed by atoms with Gasteiger partial charge in [-0.15, -0.1) is 0 Å². The summed E-state index contributed by atoms with van der Waals surface area (Å²) >= 11 is 7.83. The lowest BCUT2D eigenvalue weighted by Gasteiger charge is -1.97. The fourth-order valence-electron chi connectivity index (χ4n) is 1.42. The van der Waals surface area contributed by atoms with Crippen LogP contribution in [-0.4, -0.2) is 29.0 Å². The van der Waals surface area contributed by atoms with Gasteiger partial charge in [-0.25, -0.2) is 4.58 Å². The van der Waals surface area contributed by atoms with E-state index in [1.807, 2.05) is 30.0 Å². The number of benzene rings is 1. The molecule has 1 aromatic carbocycles. The number of nitrogens with zero attached hydrogens (tertiary/aromatic N) is 1. The monoisotopic (exact) mass is 212 g/mol. The Labute approximate surface area is 87.4 Å². The van der Waals surface area contributed by atoms with Crippen molar-refractivity contribution >= 4 is 28.4 Å². The summed E-state index contributed by atoms with van der Waals surface area (Å²) in [6.45, 7) is 1.13. The van der Waals surface area contributed by atoms with Gasteiger partial charge in [-0.05, 0) is 18.2 Å². The van der Waals surface area contributed by atoms with E-state index in [1.165, 1.54) is 16.4 Å². The minimum Gasteiger partial charge on any atom is -0.226 e. The third-order valence-corrected chi connectivity index (χ3v) is 3.53. The van der Waals surface area contributed by atoms with Crippen molar-refractivity contribution in [3.8, 4) is 0 Å². The fourth-order valence-corrected chi connectivity index (χ4v) is 2.77. The maximum absolute atomic E-state index is 5.93. The Balaban J connectivity index is 2.40. The van der Waals surface area contributed by atoms with Crippen LogP contribution in [0.4, 0.5) is 0 Å². The number of hydrogen-bond acceptors (Lipinski definition) is 1. The first-order valence-corrected chi connectivity index (χ1v) is 5.60. The number of halogens is 1. The Hall–Kier alpha value is -0.470. The molecule has 0 fully saturated rings. The molecule has 1 heterocycles. The molecule has 0 amide bonds. The predicted octanol–water partition coefficient (Wildman–Crippen LogP) is 2.48. The Morgan fingerprint density at radius 2 is 2.31 bits per heavy atom. The zero-order chi connectivity index (χ0) is 9.26. The van der Waals surface area contributed by atoms with E-state index >= 15 is 0 Å². The summed E-state index contributed by atoms with van der Waals surface area (Å²) in [4.78, 5) is 0. The minimum atomic E-state index is 0.811. The largest absolute Gasteiger partial charge is 0.242 e. The van der Waals surface area contributed by atoms with E-state index in [2.05, 4.69) is 17.7 Å². The van der Waals surface area contributed by atoms with Crippen molar-refractivity contribution in [2.45, 2.75) is 0 Å². The van der Waals surface area contributed by atoms with Gasteiger partial charge < -0.3 is 0 Å². The first kappa shape index (κ1) is 9.10. The van der Waals surface area contributed by atoms with Gasteiger partial charge in [0.25, 0.3) is 0 Å². The first-order chi connectivity index (χ1) is 6.27. The molecule has 0 atom stereocenters. The van der Waals surface area contributed by atoms with Crippen LogP contribution in [0.25, 0.3) is 0 Å². The lowest BCUT2D eigenvalue weighted by molar-refractivity contribution is -0.485. The van der Waals surface area contributed by atoms with Crippen LogP contribution in [-0.2, 0) is 0 Å². The maximum atomic E-state index is 5.93. The molecule has 13 heavy (non-hydrogen) atoms. The molecule has 68 valence electrons. The highest BCUT2D eigenvalue weighted by atomic mass is 35.5. The quantitative estimate of drug-likeness (QED) is 0.647. The van der Waals surface area contributed by atoms with Crippen LogP contribution in [0.2, 0.25) is 5.02 Å². The molecule has 1 nitrogen and oxygen atoms in total. The molecule has 2 rings (SSSR count). The lowest BCUT2D eigenvalue weighted by atomic mass is 10.2. The summed E-state index contributed by atoms with van der Waals surface area (Å²) in [6, 6.07) is 8.03. The average Bonchev–Trinajstić information content (AvgIpc) is 2.51. The van der Waals surface area contributed by atoms with Gasteiger partial charge in [-0.2, -0.15) is 0 Å². The zero-order valence-corrected chi connectivity index (χ0v) is 9.03. The second kappa shape index (κ2) is 3.72. The number of hydrogen-bond donors (Lipinski definition) is 0. The Morgan fingerprint density at radius 1 is 1.46 bits per heavy atom. The van der Waals surface area contributed by atoms with Gasteiger partial charge in [-0.3, -0.25) is 0 Å². The van der Waals surface area contributed by atoms with Crippen LogP contribution < -0.4 is 0 Å². The second-order valence-electron chi connectivity index (χ2n) is 3.09. The maximum Gasteiger partial charge on any atom is 0.242 e. The molecule has 0 bridgehead atoms. The van der Waals surface area contributed by atoms with Crippen molar-refractivity contribution in [2.75, 3.05) is 19.3 Å². The van der Waals surface area contributed by atoms with E-state index in [-0.39, 0.29) is 0 Å². The third-order valence-electron chi connectivity index (χ3n) is 2.08. The molecule has 0 saturated carbocycles. The third kappa shape index (κ3) is 1.89. The van der Waals surface area contributed by atoms with Gasteiger partial charge in [0.2, 0.25) is 5.04 Å². The molecule has 1 aliphatic heterocycles. The van der Waals surface area contributed by atoms with Crippen molar-refractivity contribution in [3.63, 3.8) is 0 Å². The summed E-state index contributed by atoms with van der Waals surface area (Å²) in [6.07, 6.45) is 0. The van der Waals surface area contributed by atoms with Gasteiger partial charge in [0, 0.05) is 5.02 Å². The summed E-state index contributed by atoms with van der Waals surface area (Å²) in [5.41, 5.74) is 1.23. The summed E-state index contributed by atoms with van der Waals surface area (Å²) in [7, 11) is 2.12. The molecule has 0 N–H and O–H groups in total. The summed E-state index contributed by atoms with van der Waals surface area (Å²) < 4.78 is 2.27. The number of thioether (sulfide) groups is 1. The van der Waals surface area contributed by atoms with Gasteiger partial charge in [0.1, 0.15) is 7.05 Å². The van der Waals surface area contributed by atoms with E-state index in [9.17, 15) is 0 Å². The topological polar surface area (TPSA) is 3.01 Å². The van der Waals surface area contributed by atoms with Crippen molar-refractivity contribution in [2.24, 2.45) is 0 Å². The first-order valence-electron chi connectivity index (χ1n) is 4.24. The van der Waals surface area contributed by atoms with E-state index < -0.39 is 0 Å². The Morgan fingerprint density at radius 3 is 2.92 bits per heavy atom. The molecular formula is C10H11ClNS+. The van der Waals surface area contributed by atoms with Crippen molar-refractivity contribution < 1.29 is 4.58 Å². The molecule has 0 unspecified atom stereocenters. The molecule has 0 aliphatic carbocycles. The van der Waals surface area contributed by atoms with Crippen LogP contribution in [0.3, 0.4) is 0 Å². The van der Waals surface area contributed by atoms with Crippen LogP contribution in [0.5, 0.6) is 0 Å². The highest BCUT2D eigenvalue weighted by Gasteiger charge is 2.21. The smallest absolute Gasteiger partial charge is 0.226 e. The summed E-state index contributed by atoms with van der Waals surface area (Å²) in [5.74, 6) is 1.18. The highest BCUT2D eigenvalue weighted by molar-refractivity contribution is 8.14. The SMILES string of the molecule is C[N+]1=C(c2cccc(Cl)c2)SCC1. The minimum absolute atomic E-state index is 0.811. The summed E-state index contributed by atoms with van der Waals surface area (Å²) in [5, 5.41) is 2.15. The predicted molar refractivity (Wildman–Crippen MR) is 59.1 cm³/mol. The molecular weight excluding hydrogens is 202 g/mol. The van der Waals surface area contributed by atoms with E-state index in [0.29, 0.717) is 0 Å². The van der Waals surface area contributed by atoms with Gasteiger partial charge >= 0.3 is 0 Å². The van der Waals surface area contributed by atoms with Crippen LogP contribution in [0, 0.1) is 0 Å². The van der Waals surface area contributed by atoms with E-state index in [4.69, 9.17) is 11.6 Å². The zero-order valence-electron chi connectivity index (χ0n) is 7.46. The van der Waals surface area contributed by atoms with Crippen LogP contribution >= 0.6 is 23.4 Å². The second-order valence-corrected chi connectivity index (χ2v) is 4.61. The standard InChI is InChI=1S/C10H11ClNS/c1-12-5-6-13-10(12)8-3-2-4-9(11)7-8/h2-4,7H,5-6H2,1H3/q+1. The Bertz CT molecular complexity index is 360. The molecule has 3 heteroatoms. The number of rotatable bonds is 1. The van der Waals surface area contributed by atoms with Crippen LogP contribution in [0.15, 0.2) is 24.3 Å². The van der Waals surface area contributed by atoms with Crippen molar-refractivity contribution in [1.82, 2.24) is 0 Å². The lowest BCUT2D eigenvalue weighted by Crippen LogP contribution is -2.09. The van der Waals surface area contributed by atoms with E-state index in [0.717, 1.165) is 11.6 Å². The van der Waals surface area contributed by atoms with Crippen LogP contribution in [0.1, 0.15) is 5.56 Å². The normalized spacial score (nSPS) is 16.8. The molecule has 0 saturated heterocycles. The van der Waals surface area contributed by atoms with Crippen molar-refractivity contribution in [3.05, 3.63) is 34.9 Å².